The van der Waals surface area contributed by atoms with E-state index in [-0.39, 0.29) is 6.04 Å². The summed E-state index contributed by atoms with van der Waals surface area (Å²) in [5.74, 6) is 1.07. The van der Waals surface area contributed by atoms with Crippen LogP contribution in [-0.4, -0.2) is 15.1 Å². The molecule has 0 aliphatic rings. The predicted molar refractivity (Wildman–Crippen MR) is 64.1 cm³/mol. The van der Waals surface area contributed by atoms with Gasteiger partial charge >= 0.3 is 0 Å². The van der Waals surface area contributed by atoms with Crippen molar-refractivity contribution in [1.82, 2.24) is 15.1 Å². The van der Waals surface area contributed by atoms with Crippen LogP contribution in [0, 0.1) is 6.92 Å². The van der Waals surface area contributed by atoms with E-state index in [1.807, 2.05) is 13.0 Å². The fourth-order valence-electron chi connectivity index (χ4n) is 1.65. The molecule has 0 saturated heterocycles. The summed E-state index contributed by atoms with van der Waals surface area (Å²) in [6, 6.07) is 1.69. The number of pyridine rings is 1. The first-order valence-corrected chi connectivity index (χ1v) is 5.72. The molecule has 2 heterocycles. The molecule has 90 valence electrons. The average molecular weight is 232 g/mol. The fourth-order valence-corrected chi connectivity index (χ4v) is 1.65. The number of aromatic nitrogens is 3. The van der Waals surface area contributed by atoms with Gasteiger partial charge < -0.3 is 10.3 Å². The molecule has 2 N–H and O–H groups in total. The summed E-state index contributed by atoms with van der Waals surface area (Å²) >= 11 is 0. The molecule has 2 aromatic heterocycles. The Hall–Kier alpha value is -1.75. The maximum absolute atomic E-state index is 5.93. The lowest BCUT2D eigenvalue weighted by atomic mass is 10.1. The minimum Gasteiger partial charge on any atom is -0.337 e. The molecular weight excluding hydrogens is 216 g/mol. The maximum Gasteiger partial charge on any atom is 0.243 e. The van der Waals surface area contributed by atoms with Crippen LogP contribution in [0.2, 0.25) is 0 Å². The van der Waals surface area contributed by atoms with Gasteiger partial charge in [0.2, 0.25) is 11.7 Å². The molecule has 0 aliphatic carbocycles. The normalized spacial score (nSPS) is 12.6. The van der Waals surface area contributed by atoms with Gasteiger partial charge in [0.15, 0.2) is 0 Å². The van der Waals surface area contributed by atoms with Gasteiger partial charge in [0.1, 0.15) is 0 Å². The zero-order valence-electron chi connectivity index (χ0n) is 10.1. The lowest BCUT2D eigenvalue weighted by Gasteiger charge is -2.02. The van der Waals surface area contributed by atoms with Crippen molar-refractivity contribution >= 4 is 0 Å². The summed E-state index contributed by atoms with van der Waals surface area (Å²) in [5, 5.41) is 3.96. The summed E-state index contributed by atoms with van der Waals surface area (Å²) in [6.45, 7) is 4.04. The van der Waals surface area contributed by atoms with Gasteiger partial charge in [0.05, 0.1) is 6.04 Å². The highest BCUT2D eigenvalue weighted by molar-refractivity contribution is 5.57. The van der Waals surface area contributed by atoms with Crippen LogP contribution in [0.15, 0.2) is 23.0 Å². The van der Waals surface area contributed by atoms with E-state index in [4.69, 9.17) is 10.3 Å². The number of hydrogen-bond acceptors (Lipinski definition) is 5. The second kappa shape index (κ2) is 5.05. The molecule has 0 saturated carbocycles. The van der Waals surface area contributed by atoms with E-state index in [0.717, 1.165) is 24.0 Å². The third-order valence-electron chi connectivity index (χ3n) is 2.62. The first kappa shape index (κ1) is 11.7. The Balaban J connectivity index is 2.27. The summed E-state index contributed by atoms with van der Waals surface area (Å²) in [7, 11) is 0. The van der Waals surface area contributed by atoms with Crippen LogP contribution in [0.3, 0.4) is 0 Å². The summed E-state index contributed by atoms with van der Waals surface area (Å²) in [6.07, 6.45) is 5.33. The van der Waals surface area contributed by atoms with Crippen molar-refractivity contribution in [2.75, 3.05) is 0 Å². The Morgan fingerprint density at radius 1 is 1.47 bits per heavy atom. The summed E-state index contributed by atoms with van der Waals surface area (Å²) in [4.78, 5) is 8.36. The van der Waals surface area contributed by atoms with Gasteiger partial charge in [-0.15, -0.1) is 0 Å². The minimum absolute atomic E-state index is 0.177. The highest BCUT2D eigenvalue weighted by atomic mass is 16.5. The van der Waals surface area contributed by atoms with Crippen molar-refractivity contribution in [1.29, 1.82) is 0 Å². The number of rotatable bonds is 4. The Kier molecular flexibility index (Phi) is 3.49. The van der Waals surface area contributed by atoms with Crippen molar-refractivity contribution in [3.63, 3.8) is 0 Å². The van der Waals surface area contributed by atoms with Crippen molar-refractivity contribution in [2.45, 2.75) is 32.7 Å². The molecule has 0 bridgehead atoms. The molecule has 2 rings (SSSR count). The van der Waals surface area contributed by atoms with Gasteiger partial charge in [-0.3, -0.25) is 4.98 Å². The smallest absolute Gasteiger partial charge is 0.243 e. The predicted octanol–water partition coefficient (Wildman–Crippen LogP) is 2.24. The van der Waals surface area contributed by atoms with Crippen LogP contribution < -0.4 is 5.73 Å². The maximum atomic E-state index is 5.93. The Bertz CT molecular complexity index is 495. The van der Waals surface area contributed by atoms with Crippen LogP contribution in [-0.2, 0) is 0 Å². The van der Waals surface area contributed by atoms with Gasteiger partial charge in [-0.1, -0.05) is 18.5 Å². The average Bonchev–Trinajstić information content (AvgIpc) is 2.79. The van der Waals surface area contributed by atoms with E-state index in [1.54, 1.807) is 12.4 Å². The van der Waals surface area contributed by atoms with Gasteiger partial charge in [-0.25, -0.2) is 0 Å². The van der Waals surface area contributed by atoms with Crippen LogP contribution >= 0.6 is 0 Å². The van der Waals surface area contributed by atoms with Crippen molar-refractivity contribution < 1.29 is 4.52 Å². The van der Waals surface area contributed by atoms with E-state index < -0.39 is 0 Å². The fraction of sp³-hybridized carbons (Fsp3) is 0.417. The molecular formula is C12H16N4O. The Labute approximate surface area is 100 Å². The Morgan fingerprint density at radius 2 is 2.29 bits per heavy atom. The minimum atomic E-state index is -0.177. The monoisotopic (exact) mass is 232 g/mol. The molecule has 1 unspecified atom stereocenters. The van der Waals surface area contributed by atoms with E-state index in [2.05, 4.69) is 22.0 Å². The van der Waals surface area contributed by atoms with Crippen molar-refractivity contribution in [3.05, 3.63) is 29.9 Å². The molecule has 0 fully saturated rings. The highest BCUT2D eigenvalue weighted by Crippen LogP contribution is 2.21. The number of aryl methyl sites for hydroxylation is 1. The largest absolute Gasteiger partial charge is 0.337 e. The quantitative estimate of drug-likeness (QED) is 0.874. The SMILES string of the molecule is CCCC(N)c1nc(-c2ccncc2C)no1. The van der Waals surface area contributed by atoms with E-state index in [1.165, 1.54) is 0 Å². The van der Waals surface area contributed by atoms with E-state index in [0.29, 0.717) is 11.7 Å². The molecule has 1 atom stereocenters. The first-order valence-electron chi connectivity index (χ1n) is 5.72. The second-order valence-corrected chi connectivity index (χ2v) is 4.04. The molecule has 2 aromatic rings. The van der Waals surface area contributed by atoms with Crippen molar-refractivity contribution in [2.24, 2.45) is 5.73 Å². The van der Waals surface area contributed by atoms with Gasteiger partial charge in [0.25, 0.3) is 0 Å². The highest BCUT2D eigenvalue weighted by Gasteiger charge is 2.15. The topological polar surface area (TPSA) is 77.8 Å². The molecule has 0 aromatic carbocycles. The molecule has 0 spiro atoms. The van der Waals surface area contributed by atoms with E-state index in [9.17, 15) is 0 Å². The molecule has 5 nitrogen and oxygen atoms in total. The number of nitrogens with zero attached hydrogens (tertiary/aromatic N) is 3. The van der Waals surface area contributed by atoms with Crippen LogP contribution in [0.5, 0.6) is 0 Å². The number of nitrogens with two attached hydrogens (primary N) is 1. The zero-order valence-corrected chi connectivity index (χ0v) is 10.1. The standard InChI is InChI=1S/C12H16N4O/c1-3-4-10(13)12-15-11(16-17-12)9-5-6-14-7-8(9)2/h5-7,10H,3-4,13H2,1-2H3. The zero-order chi connectivity index (χ0) is 12.3. The van der Waals surface area contributed by atoms with Gasteiger partial charge in [-0.05, 0) is 25.0 Å². The third kappa shape index (κ3) is 2.50. The Morgan fingerprint density at radius 3 is 3.00 bits per heavy atom. The molecule has 5 heteroatoms. The summed E-state index contributed by atoms with van der Waals surface area (Å²) < 4.78 is 5.18. The third-order valence-corrected chi connectivity index (χ3v) is 2.62. The molecule has 0 radical (unpaired) electrons. The van der Waals surface area contributed by atoms with Crippen LogP contribution in [0.4, 0.5) is 0 Å². The number of hydrogen-bond donors (Lipinski definition) is 1. The van der Waals surface area contributed by atoms with Crippen LogP contribution in [0.1, 0.15) is 37.3 Å². The first-order chi connectivity index (χ1) is 8.22. The lowest BCUT2D eigenvalue weighted by molar-refractivity contribution is 0.348. The van der Waals surface area contributed by atoms with E-state index >= 15 is 0 Å². The molecule has 0 aliphatic heterocycles. The molecule has 0 amide bonds. The lowest BCUT2D eigenvalue weighted by Crippen LogP contribution is -2.09. The van der Waals surface area contributed by atoms with Gasteiger partial charge in [0, 0.05) is 18.0 Å². The summed E-state index contributed by atoms with van der Waals surface area (Å²) in [5.41, 5.74) is 7.87. The molecule has 17 heavy (non-hydrogen) atoms. The van der Waals surface area contributed by atoms with Gasteiger partial charge in [-0.2, -0.15) is 4.98 Å². The van der Waals surface area contributed by atoms with Crippen molar-refractivity contribution in [3.8, 4) is 11.4 Å². The van der Waals surface area contributed by atoms with Crippen LogP contribution in [0.25, 0.3) is 11.4 Å². The second-order valence-electron chi connectivity index (χ2n) is 4.04.